The fourth-order valence-corrected chi connectivity index (χ4v) is 3.23. The molecule has 0 bridgehead atoms. The van der Waals surface area contributed by atoms with E-state index in [1.165, 1.54) is 12.5 Å². The fourth-order valence-electron chi connectivity index (χ4n) is 3.23. The maximum Gasteiger partial charge on any atom is 0.269 e. The molecule has 0 aliphatic heterocycles. The van der Waals surface area contributed by atoms with Gasteiger partial charge in [0.15, 0.2) is 0 Å². The van der Waals surface area contributed by atoms with E-state index in [4.69, 9.17) is 4.74 Å². The van der Waals surface area contributed by atoms with Crippen LogP contribution in [0.25, 0.3) is 0 Å². The first kappa shape index (κ1) is 25.5. The summed E-state index contributed by atoms with van der Waals surface area (Å²) in [5, 5.41) is 2.69. The fraction of sp³-hybridized carbons (Fsp3) is 0.250. The molecule has 35 heavy (non-hydrogen) atoms. The third-order valence-electron chi connectivity index (χ3n) is 5.39. The Labute approximate surface area is 205 Å². The van der Waals surface area contributed by atoms with Crippen LogP contribution in [0.2, 0.25) is 0 Å². The van der Waals surface area contributed by atoms with E-state index in [-0.39, 0.29) is 11.3 Å². The van der Waals surface area contributed by atoms with Crippen LogP contribution in [-0.2, 0) is 23.4 Å². The zero-order chi connectivity index (χ0) is 25.4. The average Bonchev–Trinajstić information content (AvgIpc) is 2.85. The second kappa shape index (κ2) is 11.3. The summed E-state index contributed by atoms with van der Waals surface area (Å²) >= 11 is 0. The number of amides is 3. The van der Waals surface area contributed by atoms with Crippen LogP contribution < -0.4 is 20.9 Å². The summed E-state index contributed by atoms with van der Waals surface area (Å²) in [6, 6.07) is 21.8. The average molecular weight is 474 g/mol. The highest BCUT2D eigenvalue weighted by atomic mass is 16.5. The number of hydrogen-bond acceptors (Lipinski definition) is 4. The Kier molecular flexibility index (Phi) is 8.25. The first-order valence-corrected chi connectivity index (χ1v) is 11.4. The van der Waals surface area contributed by atoms with Crippen molar-refractivity contribution in [1.82, 2.24) is 16.2 Å². The summed E-state index contributed by atoms with van der Waals surface area (Å²) in [7, 11) is 0. The number of hydrogen-bond donors (Lipinski definition) is 3. The van der Waals surface area contributed by atoms with Gasteiger partial charge >= 0.3 is 0 Å². The predicted molar refractivity (Wildman–Crippen MR) is 135 cm³/mol. The van der Waals surface area contributed by atoms with Crippen molar-refractivity contribution in [2.45, 2.75) is 46.3 Å². The van der Waals surface area contributed by atoms with Crippen LogP contribution in [0, 0.1) is 0 Å². The zero-order valence-corrected chi connectivity index (χ0v) is 20.5. The lowest BCUT2D eigenvalue weighted by Crippen LogP contribution is -2.41. The second-order valence-electron chi connectivity index (χ2n) is 9.27. The van der Waals surface area contributed by atoms with Gasteiger partial charge in [0.2, 0.25) is 5.91 Å². The molecule has 0 unspecified atom stereocenters. The van der Waals surface area contributed by atoms with Crippen molar-refractivity contribution >= 4 is 17.7 Å². The van der Waals surface area contributed by atoms with E-state index in [0.717, 1.165) is 16.9 Å². The van der Waals surface area contributed by atoms with Gasteiger partial charge in [-0.3, -0.25) is 25.2 Å². The summed E-state index contributed by atoms with van der Waals surface area (Å²) in [4.78, 5) is 35.7. The smallest absolute Gasteiger partial charge is 0.269 e. The number of rotatable bonds is 7. The van der Waals surface area contributed by atoms with Gasteiger partial charge in [-0.2, -0.15) is 0 Å². The molecule has 7 nitrogen and oxygen atoms in total. The maximum atomic E-state index is 12.4. The van der Waals surface area contributed by atoms with Crippen LogP contribution in [0.1, 0.15) is 65.1 Å². The van der Waals surface area contributed by atoms with E-state index in [1.807, 2.05) is 24.3 Å². The third kappa shape index (κ3) is 7.71. The minimum Gasteiger partial charge on any atom is -0.489 e. The molecule has 182 valence electrons. The Balaban J connectivity index is 1.47. The lowest BCUT2D eigenvalue weighted by atomic mass is 9.87. The molecule has 7 heteroatoms. The van der Waals surface area contributed by atoms with E-state index in [9.17, 15) is 14.4 Å². The van der Waals surface area contributed by atoms with Crippen LogP contribution in [-0.4, -0.2) is 17.7 Å². The number of carbonyl (C=O) groups excluding carboxylic acids is 3. The number of carbonyl (C=O) groups is 3. The van der Waals surface area contributed by atoms with Crippen LogP contribution in [0.15, 0.2) is 72.8 Å². The maximum absolute atomic E-state index is 12.4. The first-order chi connectivity index (χ1) is 16.6. The van der Waals surface area contributed by atoms with Gasteiger partial charge in [-0.25, -0.2) is 0 Å². The van der Waals surface area contributed by atoms with Crippen molar-refractivity contribution < 1.29 is 19.1 Å². The Morgan fingerprint density at radius 3 is 1.66 bits per heavy atom. The van der Waals surface area contributed by atoms with Gasteiger partial charge in [0.25, 0.3) is 11.8 Å². The van der Waals surface area contributed by atoms with Gasteiger partial charge in [0.05, 0.1) is 0 Å². The molecule has 0 saturated heterocycles. The number of benzene rings is 3. The molecule has 0 aliphatic carbocycles. The molecule has 3 N–H and O–H groups in total. The highest BCUT2D eigenvalue weighted by molar-refractivity contribution is 5.99. The van der Waals surface area contributed by atoms with Gasteiger partial charge in [0.1, 0.15) is 12.4 Å². The van der Waals surface area contributed by atoms with Gasteiger partial charge < -0.3 is 10.1 Å². The van der Waals surface area contributed by atoms with Crippen LogP contribution >= 0.6 is 0 Å². The summed E-state index contributed by atoms with van der Waals surface area (Å²) in [5.41, 5.74) is 8.75. The normalized spacial score (nSPS) is 10.9. The molecule has 0 saturated carbocycles. The van der Waals surface area contributed by atoms with Crippen molar-refractivity contribution in [3.63, 3.8) is 0 Å². The summed E-state index contributed by atoms with van der Waals surface area (Å²) in [6.45, 7) is 8.71. The van der Waals surface area contributed by atoms with Crippen molar-refractivity contribution in [3.8, 4) is 5.75 Å². The van der Waals surface area contributed by atoms with E-state index >= 15 is 0 Å². The molecule has 0 radical (unpaired) electrons. The molecule has 3 aromatic carbocycles. The highest BCUT2D eigenvalue weighted by Crippen LogP contribution is 2.24. The molecule has 0 fully saturated rings. The van der Waals surface area contributed by atoms with E-state index in [2.05, 4.69) is 49.1 Å². The molecule has 0 aliphatic rings. The minimum absolute atomic E-state index is 0.0910. The topological polar surface area (TPSA) is 96.5 Å². The van der Waals surface area contributed by atoms with Crippen molar-refractivity contribution in [2.75, 3.05) is 0 Å². The number of hydrazine groups is 1. The van der Waals surface area contributed by atoms with Crippen LogP contribution in [0.3, 0.4) is 0 Å². The lowest BCUT2D eigenvalue weighted by Gasteiger charge is -2.19. The molecular formula is C28H31N3O4. The minimum atomic E-state index is -0.438. The Morgan fingerprint density at radius 2 is 1.20 bits per heavy atom. The predicted octanol–water partition coefficient (Wildman–Crippen LogP) is 4.27. The zero-order valence-electron chi connectivity index (χ0n) is 20.5. The highest BCUT2D eigenvalue weighted by Gasteiger charge is 2.13. The Hall–Kier alpha value is -4.13. The largest absolute Gasteiger partial charge is 0.489 e. The van der Waals surface area contributed by atoms with Crippen molar-refractivity contribution in [2.24, 2.45) is 0 Å². The summed E-state index contributed by atoms with van der Waals surface area (Å²) in [5.74, 6) is -0.204. The molecule has 3 amide bonds. The van der Waals surface area contributed by atoms with Crippen LogP contribution in [0.5, 0.6) is 5.75 Å². The van der Waals surface area contributed by atoms with E-state index < -0.39 is 11.8 Å². The van der Waals surface area contributed by atoms with Crippen molar-refractivity contribution in [1.29, 1.82) is 0 Å². The lowest BCUT2D eigenvalue weighted by molar-refractivity contribution is -0.119. The molecular weight excluding hydrogens is 442 g/mol. The number of ether oxygens (including phenoxy) is 1. The van der Waals surface area contributed by atoms with Crippen LogP contribution in [0.4, 0.5) is 0 Å². The van der Waals surface area contributed by atoms with Gasteiger partial charge in [0, 0.05) is 24.6 Å². The Morgan fingerprint density at radius 1 is 0.714 bits per heavy atom. The molecule has 3 aromatic rings. The Bertz CT molecular complexity index is 1160. The standard InChI is InChI=1S/C28H31N3O4/c1-19(32)29-17-20-5-9-22(10-6-20)26(33)30-31-27(34)23-11-7-21(8-12-23)18-35-25-15-13-24(14-16-25)28(2,3)4/h5-16H,17-18H2,1-4H3,(H,29,32)(H,30,33)(H,31,34). The van der Waals surface area contributed by atoms with Gasteiger partial charge in [-0.1, -0.05) is 57.2 Å². The number of nitrogens with one attached hydrogen (secondary N) is 3. The monoisotopic (exact) mass is 473 g/mol. The first-order valence-electron chi connectivity index (χ1n) is 11.4. The van der Waals surface area contributed by atoms with Gasteiger partial charge in [-0.15, -0.1) is 0 Å². The van der Waals surface area contributed by atoms with Gasteiger partial charge in [-0.05, 0) is 58.5 Å². The third-order valence-corrected chi connectivity index (χ3v) is 5.39. The molecule has 0 aromatic heterocycles. The summed E-state index contributed by atoms with van der Waals surface area (Å²) in [6.07, 6.45) is 0. The molecule has 0 heterocycles. The van der Waals surface area contributed by atoms with E-state index in [0.29, 0.717) is 24.3 Å². The summed E-state index contributed by atoms with van der Waals surface area (Å²) < 4.78 is 5.85. The molecule has 0 spiro atoms. The molecule has 0 atom stereocenters. The van der Waals surface area contributed by atoms with Crippen molar-refractivity contribution in [3.05, 3.63) is 101 Å². The molecule has 3 rings (SSSR count). The van der Waals surface area contributed by atoms with E-state index in [1.54, 1.807) is 36.4 Å². The SMILES string of the molecule is CC(=O)NCc1ccc(C(=O)NNC(=O)c2ccc(COc3ccc(C(C)(C)C)cc3)cc2)cc1. The second-order valence-corrected chi connectivity index (χ2v) is 9.27. The quantitative estimate of drug-likeness (QED) is 0.447.